The van der Waals surface area contributed by atoms with Gasteiger partial charge in [-0.15, -0.1) is 0 Å². The van der Waals surface area contributed by atoms with Crippen LogP contribution in [0.3, 0.4) is 0 Å². The molecule has 0 aliphatic carbocycles. The minimum Gasteiger partial charge on any atom is -0.444 e. The molecule has 0 saturated heterocycles. The molecular formula is C18H27N3O5S. The van der Waals surface area contributed by atoms with Crippen LogP contribution in [-0.2, 0) is 16.0 Å². The summed E-state index contributed by atoms with van der Waals surface area (Å²) in [6.07, 6.45) is -0.475. The van der Waals surface area contributed by atoms with Crippen molar-refractivity contribution < 1.29 is 19.2 Å². The Kier molecular flexibility index (Phi) is 8.55. The number of benzene rings is 1. The Hall–Kier alpha value is -2.29. The second kappa shape index (κ2) is 10.1. The van der Waals surface area contributed by atoms with Gasteiger partial charge in [-0.25, -0.2) is 4.79 Å². The van der Waals surface area contributed by atoms with Gasteiger partial charge in [-0.3, -0.25) is 19.2 Å². The average molecular weight is 397 g/mol. The van der Waals surface area contributed by atoms with E-state index in [2.05, 4.69) is 5.32 Å². The number of alkyl carbamates (subject to hydrolysis) is 1. The van der Waals surface area contributed by atoms with Gasteiger partial charge in [0.25, 0.3) is 11.6 Å². The summed E-state index contributed by atoms with van der Waals surface area (Å²) >= 11 is 1.37. The average Bonchev–Trinajstić information content (AvgIpc) is 2.57. The van der Waals surface area contributed by atoms with E-state index in [1.54, 1.807) is 37.2 Å². The molecule has 0 heterocycles. The van der Waals surface area contributed by atoms with Crippen molar-refractivity contribution in [2.45, 2.75) is 52.7 Å². The van der Waals surface area contributed by atoms with Crippen LogP contribution in [0.2, 0.25) is 0 Å². The molecule has 1 aromatic rings. The summed E-state index contributed by atoms with van der Waals surface area (Å²) in [6.45, 7) is 9.51. The minimum absolute atomic E-state index is 0.0292. The second-order valence-corrected chi connectivity index (χ2v) is 8.05. The number of carbonyl (C=O) groups excluding carboxylic acids is 2. The van der Waals surface area contributed by atoms with Crippen LogP contribution in [0.5, 0.6) is 0 Å². The van der Waals surface area contributed by atoms with Crippen LogP contribution >= 0.6 is 11.9 Å². The number of nitro groups is 1. The first-order chi connectivity index (χ1) is 12.6. The number of likely N-dealkylation sites (N-methyl/N-ethyl adjacent to an activating group) is 1. The molecule has 0 aliphatic rings. The van der Waals surface area contributed by atoms with Gasteiger partial charge in [0.1, 0.15) is 11.6 Å². The van der Waals surface area contributed by atoms with Crippen molar-refractivity contribution in [2.75, 3.05) is 12.3 Å². The molecule has 0 saturated carbocycles. The predicted octanol–water partition coefficient (Wildman–Crippen LogP) is 3.55. The molecule has 27 heavy (non-hydrogen) atoms. The molecule has 9 heteroatoms. The fraction of sp³-hybridized carbons (Fsp3) is 0.556. The maximum absolute atomic E-state index is 12.9. The Morgan fingerprint density at radius 2 is 1.85 bits per heavy atom. The zero-order valence-electron chi connectivity index (χ0n) is 16.4. The number of amides is 2. The van der Waals surface area contributed by atoms with E-state index in [1.807, 2.05) is 13.8 Å². The van der Waals surface area contributed by atoms with Crippen molar-refractivity contribution in [1.82, 2.24) is 9.62 Å². The maximum atomic E-state index is 12.9. The Bertz CT molecular complexity index is 658. The lowest BCUT2D eigenvalue weighted by molar-refractivity contribution is -0.384. The molecule has 8 nitrogen and oxygen atoms in total. The van der Waals surface area contributed by atoms with E-state index in [0.29, 0.717) is 12.1 Å². The van der Waals surface area contributed by atoms with Crippen LogP contribution in [0, 0.1) is 10.1 Å². The molecule has 1 N–H and O–H groups in total. The highest BCUT2D eigenvalue weighted by atomic mass is 32.2. The van der Waals surface area contributed by atoms with Gasteiger partial charge in [-0.2, -0.15) is 0 Å². The molecule has 1 unspecified atom stereocenters. The summed E-state index contributed by atoms with van der Waals surface area (Å²) in [6, 6.07) is 5.09. The quantitative estimate of drug-likeness (QED) is 0.409. The van der Waals surface area contributed by atoms with Crippen molar-refractivity contribution in [3.8, 4) is 0 Å². The minimum atomic E-state index is -0.833. The van der Waals surface area contributed by atoms with Gasteiger partial charge < -0.3 is 10.1 Å². The highest BCUT2D eigenvalue weighted by molar-refractivity contribution is 7.97. The van der Waals surface area contributed by atoms with Gasteiger partial charge in [-0.05, 0) is 45.2 Å². The van der Waals surface area contributed by atoms with Crippen LogP contribution < -0.4 is 5.32 Å². The van der Waals surface area contributed by atoms with Gasteiger partial charge >= 0.3 is 6.09 Å². The standard InChI is InChI=1S/C18H27N3O5S/c1-6-20(27-7-2)16(22)15(19-17(23)26-18(3,4)5)12-13-8-10-14(11-9-13)21(24)25/h8-11,15H,6-7,12H2,1-5H3,(H,19,23). The number of nitrogens with zero attached hydrogens (tertiary/aromatic N) is 2. The van der Waals surface area contributed by atoms with Crippen LogP contribution in [-0.4, -0.2) is 45.2 Å². The molecule has 0 bridgehead atoms. The van der Waals surface area contributed by atoms with Gasteiger partial charge in [0.2, 0.25) is 0 Å². The molecule has 1 rings (SSSR count). The lowest BCUT2D eigenvalue weighted by Crippen LogP contribution is -2.49. The largest absolute Gasteiger partial charge is 0.444 e. The van der Waals surface area contributed by atoms with Gasteiger partial charge in [-0.1, -0.05) is 19.1 Å². The van der Waals surface area contributed by atoms with E-state index < -0.39 is 22.7 Å². The number of non-ortho nitro benzene ring substituents is 1. The van der Waals surface area contributed by atoms with E-state index in [9.17, 15) is 19.7 Å². The third kappa shape index (κ3) is 7.86. The molecule has 0 aromatic heterocycles. The lowest BCUT2D eigenvalue weighted by Gasteiger charge is -2.27. The van der Waals surface area contributed by atoms with Crippen LogP contribution in [0.25, 0.3) is 0 Å². The highest BCUT2D eigenvalue weighted by Crippen LogP contribution is 2.17. The summed E-state index contributed by atoms with van der Waals surface area (Å²) in [5.74, 6) is 0.476. The molecule has 150 valence electrons. The predicted molar refractivity (Wildman–Crippen MR) is 105 cm³/mol. The Morgan fingerprint density at radius 3 is 2.30 bits per heavy atom. The van der Waals surface area contributed by atoms with Crippen molar-refractivity contribution in [1.29, 1.82) is 0 Å². The highest BCUT2D eigenvalue weighted by Gasteiger charge is 2.28. The van der Waals surface area contributed by atoms with Crippen LogP contribution in [0.15, 0.2) is 24.3 Å². The van der Waals surface area contributed by atoms with Gasteiger partial charge in [0.15, 0.2) is 0 Å². The number of hydrogen-bond acceptors (Lipinski definition) is 6. The number of nitro benzene ring substituents is 1. The molecule has 0 aliphatic heterocycles. The summed E-state index contributed by atoms with van der Waals surface area (Å²) < 4.78 is 6.85. The SMILES string of the molecule is CCSN(CC)C(=O)C(Cc1ccc([N+](=O)[O-])cc1)NC(=O)OC(C)(C)C. The van der Waals surface area contributed by atoms with E-state index in [1.165, 1.54) is 24.1 Å². The van der Waals surface area contributed by atoms with E-state index >= 15 is 0 Å². The summed E-state index contributed by atoms with van der Waals surface area (Å²) in [5.41, 5.74) is -0.0146. The Balaban J connectivity index is 2.99. The molecule has 1 atom stereocenters. The second-order valence-electron chi connectivity index (χ2n) is 6.78. The molecule has 0 fully saturated rings. The number of ether oxygens (including phenoxy) is 1. The monoisotopic (exact) mass is 397 g/mol. The number of rotatable bonds is 8. The number of nitrogens with one attached hydrogen (secondary N) is 1. The third-order valence-electron chi connectivity index (χ3n) is 3.39. The molecule has 0 radical (unpaired) electrons. The summed E-state index contributed by atoms with van der Waals surface area (Å²) in [4.78, 5) is 35.4. The maximum Gasteiger partial charge on any atom is 0.408 e. The van der Waals surface area contributed by atoms with Crippen LogP contribution in [0.4, 0.5) is 10.5 Å². The fourth-order valence-electron chi connectivity index (χ4n) is 2.28. The third-order valence-corrected chi connectivity index (χ3v) is 4.40. The van der Waals surface area contributed by atoms with E-state index in [0.717, 1.165) is 5.75 Å². The first-order valence-corrected chi connectivity index (χ1v) is 9.68. The van der Waals surface area contributed by atoms with Crippen molar-refractivity contribution >= 4 is 29.6 Å². The Morgan fingerprint density at radius 1 is 1.26 bits per heavy atom. The first kappa shape index (κ1) is 22.8. The molecular weight excluding hydrogens is 370 g/mol. The zero-order valence-corrected chi connectivity index (χ0v) is 17.2. The van der Waals surface area contributed by atoms with Crippen molar-refractivity contribution in [3.05, 3.63) is 39.9 Å². The van der Waals surface area contributed by atoms with Crippen molar-refractivity contribution in [2.24, 2.45) is 0 Å². The zero-order chi connectivity index (χ0) is 20.6. The summed E-state index contributed by atoms with van der Waals surface area (Å²) in [5, 5.41) is 13.4. The lowest BCUT2D eigenvalue weighted by atomic mass is 10.0. The fourth-order valence-corrected chi connectivity index (χ4v) is 3.03. The molecule has 2 amide bonds. The first-order valence-electron chi connectivity index (χ1n) is 8.74. The van der Waals surface area contributed by atoms with Crippen LogP contribution in [0.1, 0.15) is 40.2 Å². The smallest absolute Gasteiger partial charge is 0.408 e. The summed E-state index contributed by atoms with van der Waals surface area (Å²) in [7, 11) is 0. The molecule has 1 aromatic carbocycles. The van der Waals surface area contributed by atoms with Gasteiger partial charge in [0.05, 0.1) is 4.92 Å². The topological polar surface area (TPSA) is 102 Å². The van der Waals surface area contributed by atoms with E-state index in [4.69, 9.17) is 4.74 Å². The van der Waals surface area contributed by atoms with E-state index in [-0.39, 0.29) is 18.0 Å². The number of carbonyl (C=O) groups is 2. The van der Waals surface area contributed by atoms with Crippen molar-refractivity contribution in [3.63, 3.8) is 0 Å². The number of hydrogen-bond donors (Lipinski definition) is 1. The Labute approximate surface area is 163 Å². The normalized spacial score (nSPS) is 12.2. The van der Waals surface area contributed by atoms with Gasteiger partial charge in [0, 0.05) is 30.9 Å². The molecule has 0 spiro atoms.